The van der Waals surface area contributed by atoms with Crippen LogP contribution in [0.15, 0.2) is 10.6 Å². The summed E-state index contributed by atoms with van der Waals surface area (Å²) in [6.07, 6.45) is 0. The maximum absolute atomic E-state index is 11.2. The molecule has 1 aromatic rings. The Morgan fingerprint density at radius 1 is 1.65 bits per heavy atom. The van der Waals surface area contributed by atoms with Crippen molar-refractivity contribution in [3.8, 4) is 5.88 Å². The van der Waals surface area contributed by atoms with Gasteiger partial charge in [0.25, 0.3) is 11.8 Å². The Kier molecular flexibility index (Phi) is 4.46. The van der Waals surface area contributed by atoms with Gasteiger partial charge in [0.2, 0.25) is 0 Å². The molecule has 0 bridgehead atoms. The number of amides is 1. The highest BCUT2D eigenvalue weighted by molar-refractivity contribution is 5.84. The average Bonchev–Trinajstić information content (AvgIpc) is 2.68. The van der Waals surface area contributed by atoms with E-state index in [1.807, 2.05) is 0 Å². The minimum absolute atomic E-state index is 0.133. The standard InChI is InChI=1S/C9H12N2O6/c1-5-2-8(11-17-5)16-4-7(13)10-6(3-12)9(14)15/h2,6,12H,3-4H2,1H3,(H,10,13)(H,14,15). The zero-order valence-electron chi connectivity index (χ0n) is 9.04. The summed E-state index contributed by atoms with van der Waals surface area (Å²) in [5, 5.41) is 22.8. The number of carbonyl (C=O) groups excluding carboxylic acids is 1. The highest BCUT2D eigenvalue weighted by atomic mass is 16.5. The van der Waals surface area contributed by atoms with Crippen molar-refractivity contribution in [2.75, 3.05) is 13.2 Å². The van der Waals surface area contributed by atoms with E-state index in [1.165, 1.54) is 6.07 Å². The summed E-state index contributed by atoms with van der Waals surface area (Å²) in [6.45, 7) is 0.562. The number of aliphatic hydroxyl groups is 1. The van der Waals surface area contributed by atoms with E-state index in [1.54, 1.807) is 6.92 Å². The minimum atomic E-state index is -1.34. The molecule has 8 heteroatoms. The maximum atomic E-state index is 11.2. The number of ether oxygens (including phenoxy) is 1. The molecule has 0 aliphatic carbocycles. The van der Waals surface area contributed by atoms with E-state index < -0.39 is 31.1 Å². The summed E-state index contributed by atoms with van der Waals surface area (Å²) in [5.74, 6) is -1.34. The van der Waals surface area contributed by atoms with Crippen molar-refractivity contribution >= 4 is 11.9 Å². The van der Waals surface area contributed by atoms with Crippen LogP contribution in [0.5, 0.6) is 5.88 Å². The van der Waals surface area contributed by atoms with Gasteiger partial charge in [-0.3, -0.25) is 4.79 Å². The molecule has 0 aliphatic rings. The van der Waals surface area contributed by atoms with Crippen LogP contribution in [-0.4, -0.2) is 46.5 Å². The number of aromatic nitrogens is 1. The highest BCUT2D eigenvalue weighted by Crippen LogP contribution is 2.09. The van der Waals surface area contributed by atoms with Crippen LogP contribution in [0.3, 0.4) is 0 Å². The number of carbonyl (C=O) groups is 2. The third kappa shape index (κ3) is 4.11. The lowest BCUT2D eigenvalue weighted by atomic mass is 10.3. The van der Waals surface area contributed by atoms with Crippen LogP contribution in [0.1, 0.15) is 5.76 Å². The second-order valence-electron chi connectivity index (χ2n) is 3.21. The Morgan fingerprint density at radius 2 is 2.35 bits per heavy atom. The van der Waals surface area contributed by atoms with Crippen molar-refractivity contribution in [2.45, 2.75) is 13.0 Å². The maximum Gasteiger partial charge on any atom is 0.328 e. The summed E-state index contributed by atoms with van der Waals surface area (Å²) in [7, 11) is 0. The third-order valence-corrected chi connectivity index (χ3v) is 1.77. The molecular formula is C9H12N2O6. The van der Waals surface area contributed by atoms with Crippen LogP contribution in [0.2, 0.25) is 0 Å². The molecule has 0 aromatic carbocycles. The van der Waals surface area contributed by atoms with Gasteiger partial charge in [0.05, 0.1) is 6.61 Å². The Morgan fingerprint density at radius 3 is 2.82 bits per heavy atom. The van der Waals surface area contributed by atoms with Crippen molar-refractivity contribution in [2.24, 2.45) is 0 Å². The van der Waals surface area contributed by atoms with Gasteiger partial charge in [-0.2, -0.15) is 0 Å². The lowest BCUT2D eigenvalue weighted by Gasteiger charge is -2.11. The van der Waals surface area contributed by atoms with E-state index in [4.69, 9.17) is 19.5 Å². The molecule has 1 atom stereocenters. The number of carboxylic acid groups (broad SMARTS) is 1. The molecular weight excluding hydrogens is 232 g/mol. The molecule has 1 rings (SSSR count). The number of aliphatic hydroxyl groups excluding tert-OH is 1. The number of hydrogen-bond donors (Lipinski definition) is 3. The molecule has 8 nitrogen and oxygen atoms in total. The molecule has 3 N–H and O–H groups in total. The van der Waals surface area contributed by atoms with Crippen LogP contribution in [-0.2, 0) is 9.59 Å². The quantitative estimate of drug-likeness (QED) is 0.582. The van der Waals surface area contributed by atoms with Crippen molar-refractivity contribution in [3.63, 3.8) is 0 Å². The van der Waals surface area contributed by atoms with Gasteiger partial charge in [-0.15, -0.1) is 0 Å². The first-order chi connectivity index (χ1) is 8.02. The highest BCUT2D eigenvalue weighted by Gasteiger charge is 2.18. The summed E-state index contributed by atoms with van der Waals surface area (Å²) in [4.78, 5) is 21.7. The van der Waals surface area contributed by atoms with Crippen LogP contribution in [0.4, 0.5) is 0 Å². The first-order valence-electron chi connectivity index (χ1n) is 4.72. The van der Waals surface area contributed by atoms with Crippen LogP contribution >= 0.6 is 0 Å². The Bertz CT molecular complexity index is 402. The summed E-state index contributed by atoms with van der Waals surface area (Å²) in [5.41, 5.74) is 0. The molecule has 0 spiro atoms. The number of nitrogens with zero attached hydrogens (tertiary/aromatic N) is 1. The molecule has 0 saturated heterocycles. The zero-order chi connectivity index (χ0) is 12.8. The number of carboxylic acids is 1. The van der Waals surface area contributed by atoms with Gasteiger partial charge < -0.3 is 24.8 Å². The van der Waals surface area contributed by atoms with Crippen molar-refractivity contribution in [1.29, 1.82) is 0 Å². The number of nitrogens with one attached hydrogen (secondary N) is 1. The molecule has 94 valence electrons. The van der Waals surface area contributed by atoms with E-state index in [-0.39, 0.29) is 5.88 Å². The fourth-order valence-corrected chi connectivity index (χ4v) is 0.973. The summed E-state index contributed by atoms with van der Waals surface area (Å²) < 4.78 is 9.62. The number of aliphatic carboxylic acids is 1. The normalized spacial score (nSPS) is 11.9. The van der Waals surface area contributed by atoms with Gasteiger partial charge in [0.15, 0.2) is 6.61 Å². The molecule has 1 aromatic heterocycles. The molecule has 1 amide bonds. The van der Waals surface area contributed by atoms with Crippen molar-refractivity contribution in [1.82, 2.24) is 10.5 Å². The monoisotopic (exact) mass is 244 g/mol. The summed E-state index contributed by atoms with van der Waals surface area (Å²) >= 11 is 0. The number of hydrogen-bond acceptors (Lipinski definition) is 6. The van der Waals surface area contributed by atoms with E-state index >= 15 is 0 Å². The van der Waals surface area contributed by atoms with Crippen molar-refractivity contribution in [3.05, 3.63) is 11.8 Å². The molecule has 0 saturated carbocycles. The second-order valence-corrected chi connectivity index (χ2v) is 3.21. The zero-order valence-corrected chi connectivity index (χ0v) is 9.04. The Labute approximate surface area is 96.2 Å². The fraction of sp³-hybridized carbons (Fsp3) is 0.444. The van der Waals surface area contributed by atoms with E-state index in [0.29, 0.717) is 5.76 Å². The van der Waals surface area contributed by atoms with Gasteiger partial charge in [0, 0.05) is 6.07 Å². The topological polar surface area (TPSA) is 122 Å². The van der Waals surface area contributed by atoms with Crippen LogP contribution < -0.4 is 10.1 Å². The second kappa shape index (κ2) is 5.85. The summed E-state index contributed by atoms with van der Waals surface area (Å²) in [6, 6.07) is 0.138. The SMILES string of the molecule is Cc1cc(OCC(=O)NC(CO)C(=O)O)no1. The van der Waals surface area contributed by atoms with E-state index in [0.717, 1.165) is 0 Å². The van der Waals surface area contributed by atoms with Crippen molar-refractivity contribution < 1.29 is 29.1 Å². The largest absolute Gasteiger partial charge is 0.480 e. The Balaban J connectivity index is 2.37. The minimum Gasteiger partial charge on any atom is -0.480 e. The number of aryl methyl sites for hydroxylation is 1. The molecule has 17 heavy (non-hydrogen) atoms. The lowest BCUT2D eigenvalue weighted by molar-refractivity contribution is -0.143. The molecule has 0 aliphatic heterocycles. The smallest absolute Gasteiger partial charge is 0.328 e. The van der Waals surface area contributed by atoms with Gasteiger partial charge in [-0.1, -0.05) is 0 Å². The first-order valence-corrected chi connectivity index (χ1v) is 4.72. The molecule has 0 radical (unpaired) electrons. The molecule has 0 fully saturated rings. The van der Waals surface area contributed by atoms with Crippen LogP contribution in [0.25, 0.3) is 0 Å². The van der Waals surface area contributed by atoms with Gasteiger partial charge in [0.1, 0.15) is 11.8 Å². The first kappa shape index (κ1) is 13.0. The van der Waals surface area contributed by atoms with Gasteiger partial charge in [-0.05, 0) is 12.1 Å². The lowest BCUT2D eigenvalue weighted by Crippen LogP contribution is -2.45. The Hall–Kier alpha value is -2.09. The fourth-order valence-electron chi connectivity index (χ4n) is 0.973. The van der Waals surface area contributed by atoms with Crippen LogP contribution in [0, 0.1) is 6.92 Å². The van der Waals surface area contributed by atoms with E-state index in [9.17, 15) is 9.59 Å². The van der Waals surface area contributed by atoms with Gasteiger partial charge in [-0.25, -0.2) is 4.79 Å². The van der Waals surface area contributed by atoms with E-state index in [2.05, 4.69) is 10.5 Å². The predicted molar refractivity (Wildman–Crippen MR) is 53.4 cm³/mol. The third-order valence-electron chi connectivity index (χ3n) is 1.77. The molecule has 1 heterocycles. The molecule has 1 unspecified atom stereocenters. The van der Waals surface area contributed by atoms with Gasteiger partial charge >= 0.3 is 5.97 Å². The predicted octanol–water partition coefficient (Wildman–Crippen LogP) is -1.08. The number of rotatable bonds is 6. The average molecular weight is 244 g/mol.